The average Bonchev–Trinajstić information content (AvgIpc) is 2.49. The predicted molar refractivity (Wildman–Crippen MR) is 74.2 cm³/mol. The van der Waals surface area contributed by atoms with Gasteiger partial charge >= 0.3 is 0 Å². The highest BCUT2D eigenvalue weighted by Crippen LogP contribution is 2.35. The largest absolute Gasteiger partial charge is 0.240 e. The van der Waals surface area contributed by atoms with Crippen LogP contribution in [0.5, 0.6) is 0 Å². The molecule has 6 nitrogen and oxygen atoms in total. The molecule has 0 radical (unpaired) electrons. The Kier molecular flexibility index (Phi) is 4.30. The lowest BCUT2D eigenvalue weighted by Gasteiger charge is -2.23. The summed E-state index contributed by atoms with van der Waals surface area (Å²) in [6.07, 6.45) is 7.27. The highest BCUT2D eigenvalue weighted by atomic mass is 16.1. The third-order valence-electron chi connectivity index (χ3n) is 3.00. The van der Waals surface area contributed by atoms with Crippen LogP contribution in [-0.4, -0.2) is 23.9 Å². The van der Waals surface area contributed by atoms with Gasteiger partial charge in [0.15, 0.2) is 5.66 Å². The standard InChI is InChI=1S/C15H9N3O3/c19-9-16-14-8-15(17-10-20,18-11-21)7-6-13(14)12-4-2-1-3-5-12/h1-7H,8H2. The lowest BCUT2D eigenvalue weighted by Crippen LogP contribution is -2.24. The summed E-state index contributed by atoms with van der Waals surface area (Å²) < 4.78 is 0. The molecule has 0 heterocycles. The molecule has 21 heavy (non-hydrogen) atoms. The fourth-order valence-corrected chi connectivity index (χ4v) is 2.09. The summed E-state index contributed by atoms with van der Waals surface area (Å²) in [5.41, 5.74) is 0.396. The lowest BCUT2D eigenvalue weighted by atomic mass is 9.91. The maximum atomic E-state index is 10.6. The number of nitrogens with zero attached hydrogens (tertiary/aromatic N) is 3. The van der Waals surface area contributed by atoms with E-state index in [4.69, 9.17) is 0 Å². The minimum Gasteiger partial charge on any atom is -0.211 e. The van der Waals surface area contributed by atoms with Crippen LogP contribution >= 0.6 is 0 Å². The fraction of sp³-hybridized carbons (Fsp3) is 0.133. The average molecular weight is 279 g/mol. The van der Waals surface area contributed by atoms with Gasteiger partial charge < -0.3 is 0 Å². The maximum absolute atomic E-state index is 10.6. The van der Waals surface area contributed by atoms with Crippen molar-refractivity contribution >= 4 is 23.8 Å². The molecular weight excluding hydrogens is 270 g/mol. The van der Waals surface area contributed by atoms with E-state index in [-0.39, 0.29) is 6.42 Å². The molecule has 0 unspecified atom stereocenters. The SMILES string of the molecule is O=C=NC1=C(c2ccccc2)C=CC(N=C=O)(N=C=O)C1. The zero-order valence-electron chi connectivity index (χ0n) is 10.8. The molecule has 0 atom stereocenters. The first-order valence-electron chi connectivity index (χ1n) is 5.98. The van der Waals surface area contributed by atoms with E-state index in [2.05, 4.69) is 15.0 Å². The molecule has 6 heteroatoms. The van der Waals surface area contributed by atoms with Crippen molar-refractivity contribution in [3.8, 4) is 0 Å². The highest BCUT2D eigenvalue weighted by molar-refractivity contribution is 5.79. The third kappa shape index (κ3) is 3.06. The molecule has 0 saturated heterocycles. The van der Waals surface area contributed by atoms with Crippen LogP contribution in [0.3, 0.4) is 0 Å². The molecule has 0 N–H and O–H groups in total. The quantitative estimate of drug-likeness (QED) is 0.624. The first kappa shape index (κ1) is 14.3. The predicted octanol–water partition coefficient (Wildman–Crippen LogP) is 2.06. The summed E-state index contributed by atoms with van der Waals surface area (Å²) in [6, 6.07) is 9.23. The van der Waals surface area contributed by atoms with Gasteiger partial charge in [0.1, 0.15) is 0 Å². The number of rotatable bonds is 4. The first-order chi connectivity index (χ1) is 10.2. The van der Waals surface area contributed by atoms with Crippen molar-refractivity contribution in [1.29, 1.82) is 0 Å². The third-order valence-corrected chi connectivity index (χ3v) is 3.00. The molecule has 1 aromatic carbocycles. The second kappa shape index (κ2) is 6.33. The summed E-state index contributed by atoms with van der Waals surface area (Å²) in [5.74, 6) is 0. The zero-order chi connectivity index (χ0) is 15.1. The van der Waals surface area contributed by atoms with Crippen LogP contribution in [0.1, 0.15) is 12.0 Å². The smallest absolute Gasteiger partial charge is 0.211 e. The van der Waals surface area contributed by atoms with Crippen LogP contribution in [0.25, 0.3) is 5.57 Å². The molecule has 1 aromatic rings. The second-order valence-electron chi connectivity index (χ2n) is 4.22. The van der Waals surface area contributed by atoms with E-state index in [1.54, 1.807) is 6.08 Å². The van der Waals surface area contributed by atoms with Crippen LogP contribution in [0.2, 0.25) is 0 Å². The Morgan fingerprint density at radius 2 is 1.62 bits per heavy atom. The van der Waals surface area contributed by atoms with Gasteiger partial charge in [0.25, 0.3) is 0 Å². The number of benzene rings is 1. The second-order valence-corrected chi connectivity index (χ2v) is 4.22. The van der Waals surface area contributed by atoms with Crippen LogP contribution in [-0.2, 0) is 14.4 Å². The summed E-state index contributed by atoms with van der Waals surface area (Å²) in [4.78, 5) is 42.4. The molecule has 102 valence electrons. The van der Waals surface area contributed by atoms with Crippen LogP contribution in [0.15, 0.2) is 63.2 Å². The van der Waals surface area contributed by atoms with E-state index in [9.17, 15) is 14.4 Å². The van der Waals surface area contributed by atoms with Gasteiger partial charge in [-0.1, -0.05) is 36.4 Å². The lowest BCUT2D eigenvalue weighted by molar-refractivity contribution is 0.506. The molecule has 0 bridgehead atoms. The molecular formula is C15H9N3O3. The Balaban J connectivity index is 2.57. The normalized spacial score (nSPS) is 20.0. The van der Waals surface area contributed by atoms with Crippen molar-refractivity contribution in [3.63, 3.8) is 0 Å². The van der Waals surface area contributed by atoms with E-state index in [1.165, 1.54) is 24.3 Å². The van der Waals surface area contributed by atoms with E-state index >= 15 is 0 Å². The number of carbonyl (C=O) groups excluding carboxylic acids is 3. The van der Waals surface area contributed by atoms with Crippen molar-refractivity contribution in [2.24, 2.45) is 15.0 Å². The summed E-state index contributed by atoms with van der Waals surface area (Å²) in [5, 5.41) is 0. The van der Waals surface area contributed by atoms with E-state index < -0.39 is 5.66 Å². The van der Waals surface area contributed by atoms with Gasteiger partial charge in [-0.25, -0.2) is 14.4 Å². The molecule has 0 fully saturated rings. The molecule has 1 aliphatic rings. The van der Waals surface area contributed by atoms with E-state index in [1.807, 2.05) is 30.3 Å². The van der Waals surface area contributed by atoms with Gasteiger partial charge in [-0.2, -0.15) is 15.0 Å². The molecule has 0 amide bonds. The minimum atomic E-state index is -1.45. The molecule has 0 saturated carbocycles. The Hall–Kier alpha value is -3.16. The molecule has 0 aliphatic heterocycles. The zero-order valence-corrected chi connectivity index (χ0v) is 10.8. The van der Waals surface area contributed by atoms with Crippen molar-refractivity contribution in [2.45, 2.75) is 12.1 Å². The van der Waals surface area contributed by atoms with Crippen molar-refractivity contribution in [2.75, 3.05) is 0 Å². The van der Waals surface area contributed by atoms with Crippen molar-refractivity contribution in [3.05, 3.63) is 53.7 Å². The van der Waals surface area contributed by atoms with E-state index in [0.29, 0.717) is 11.3 Å². The minimum absolute atomic E-state index is 0.0204. The molecule has 1 aliphatic carbocycles. The van der Waals surface area contributed by atoms with Gasteiger partial charge in [0.05, 0.1) is 5.70 Å². The molecule has 0 spiro atoms. The Labute approximate surface area is 120 Å². The van der Waals surface area contributed by atoms with E-state index in [0.717, 1.165) is 5.56 Å². The molecule has 2 rings (SSSR count). The van der Waals surface area contributed by atoms with Crippen LogP contribution in [0, 0.1) is 0 Å². The maximum Gasteiger partial charge on any atom is 0.240 e. The summed E-state index contributed by atoms with van der Waals surface area (Å²) in [6.45, 7) is 0. The Morgan fingerprint density at radius 1 is 0.952 bits per heavy atom. The summed E-state index contributed by atoms with van der Waals surface area (Å²) >= 11 is 0. The van der Waals surface area contributed by atoms with Gasteiger partial charge in [0.2, 0.25) is 18.2 Å². The van der Waals surface area contributed by atoms with Gasteiger partial charge in [-0.3, -0.25) is 0 Å². The number of allylic oxidation sites excluding steroid dienone is 2. The Bertz CT molecular complexity index is 728. The Morgan fingerprint density at radius 3 is 2.19 bits per heavy atom. The van der Waals surface area contributed by atoms with Crippen LogP contribution in [0.4, 0.5) is 0 Å². The first-order valence-corrected chi connectivity index (χ1v) is 5.98. The topological polar surface area (TPSA) is 88.3 Å². The number of aliphatic imine (C=N–C) groups is 3. The number of hydrogen-bond donors (Lipinski definition) is 0. The van der Waals surface area contributed by atoms with Crippen molar-refractivity contribution in [1.82, 2.24) is 0 Å². The van der Waals surface area contributed by atoms with Gasteiger partial charge in [0, 0.05) is 12.0 Å². The van der Waals surface area contributed by atoms with Gasteiger partial charge in [-0.15, -0.1) is 0 Å². The highest BCUT2D eigenvalue weighted by Gasteiger charge is 2.32. The van der Waals surface area contributed by atoms with Crippen LogP contribution < -0.4 is 0 Å². The van der Waals surface area contributed by atoms with Crippen molar-refractivity contribution < 1.29 is 14.4 Å². The molecule has 0 aromatic heterocycles. The summed E-state index contributed by atoms with van der Waals surface area (Å²) in [7, 11) is 0. The number of hydrogen-bond acceptors (Lipinski definition) is 6. The van der Waals surface area contributed by atoms with Gasteiger partial charge in [-0.05, 0) is 11.6 Å². The fourth-order valence-electron chi connectivity index (χ4n) is 2.09. The number of isocyanates is 3. The monoisotopic (exact) mass is 279 g/mol.